The number of nitrogens with zero attached hydrogens (tertiary/aromatic N) is 3. The van der Waals surface area contributed by atoms with Crippen LogP contribution in [0.5, 0.6) is 0 Å². The molecule has 0 amide bonds. The van der Waals surface area contributed by atoms with Gasteiger partial charge in [-0.2, -0.15) is 0 Å². The smallest absolute Gasteiger partial charge is 0.191 e. The van der Waals surface area contributed by atoms with Crippen LogP contribution in [0, 0.1) is 5.92 Å². The average molecular weight is 360 g/mol. The van der Waals surface area contributed by atoms with Crippen LogP contribution < -0.4 is 15.5 Å². The number of guanidine groups is 1. The highest BCUT2D eigenvalue weighted by Crippen LogP contribution is 2.15. The second-order valence-corrected chi connectivity index (χ2v) is 7.41. The third-order valence-corrected chi connectivity index (χ3v) is 4.65. The van der Waals surface area contributed by atoms with E-state index in [0.29, 0.717) is 5.92 Å². The lowest BCUT2D eigenvalue weighted by Gasteiger charge is -2.36. The number of benzene rings is 1. The lowest BCUT2D eigenvalue weighted by atomic mass is 10.2. The van der Waals surface area contributed by atoms with Crippen LogP contribution in [0.25, 0.3) is 0 Å². The fourth-order valence-electron chi connectivity index (χ4n) is 3.15. The van der Waals surface area contributed by atoms with Crippen LogP contribution in [0.1, 0.15) is 33.6 Å². The Hall–Kier alpha value is -1.75. The summed E-state index contributed by atoms with van der Waals surface area (Å²) >= 11 is 0. The summed E-state index contributed by atoms with van der Waals surface area (Å²) in [6.45, 7) is 15.1. The molecule has 5 nitrogen and oxygen atoms in total. The molecular formula is C21H37N5. The van der Waals surface area contributed by atoms with Crippen LogP contribution >= 0.6 is 0 Å². The summed E-state index contributed by atoms with van der Waals surface area (Å²) in [5, 5.41) is 6.78. The van der Waals surface area contributed by atoms with Crippen LogP contribution in [0.2, 0.25) is 0 Å². The number of aliphatic imine (C=N–C) groups is 1. The van der Waals surface area contributed by atoms with E-state index in [9.17, 15) is 0 Å². The molecule has 1 saturated heterocycles. The summed E-state index contributed by atoms with van der Waals surface area (Å²) in [4.78, 5) is 9.70. The molecule has 0 bridgehead atoms. The lowest BCUT2D eigenvalue weighted by molar-refractivity contribution is 0.253. The van der Waals surface area contributed by atoms with E-state index >= 15 is 0 Å². The van der Waals surface area contributed by atoms with Gasteiger partial charge in [0.2, 0.25) is 0 Å². The van der Waals surface area contributed by atoms with E-state index in [1.807, 2.05) is 0 Å². The van der Waals surface area contributed by atoms with Crippen LogP contribution in [0.3, 0.4) is 0 Å². The van der Waals surface area contributed by atoms with E-state index in [0.717, 1.165) is 38.7 Å². The minimum atomic E-state index is 0.597. The zero-order valence-electron chi connectivity index (χ0n) is 16.9. The van der Waals surface area contributed by atoms with E-state index in [2.05, 4.69) is 76.5 Å². The Kier molecular flexibility index (Phi) is 9.32. The topological polar surface area (TPSA) is 42.9 Å². The zero-order chi connectivity index (χ0) is 18.6. The molecule has 0 radical (unpaired) electrons. The van der Waals surface area contributed by atoms with Gasteiger partial charge >= 0.3 is 0 Å². The lowest BCUT2D eigenvalue weighted by Crippen LogP contribution is -2.46. The van der Waals surface area contributed by atoms with Crippen molar-refractivity contribution in [2.45, 2.75) is 33.6 Å². The molecule has 1 aromatic carbocycles. The molecule has 2 rings (SSSR count). The van der Waals surface area contributed by atoms with E-state index in [1.165, 1.54) is 38.2 Å². The zero-order valence-corrected chi connectivity index (χ0v) is 16.9. The molecule has 1 aliphatic rings. The van der Waals surface area contributed by atoms with Gasteiger partial charge in [0, 0.05) is 51.5 Å². The largest absolute Gasteiger partial charge is 0.369 e. The third-order valence-electron chi connectivity index (χ3n) is 4.65. The predicted molar refractivity (Wildman–Crippen MR) is 113 cm³/mol. The molecule has 0 unspecified atom stereocenters. The number of piperazine rings is 1. The molecule has 1 fully saturated rings. The number of para-hydroxylation sites is 1. The van der Waals surface area contributed by atoms with Crippen molar-refractivity contribution in [2.24, 2.45) is 10.9 Å². The van der Waals surface area contributed by atoms with Crippen molar-refractivity contribution < 1.29 is 0 Å². The summed E-state index contributed by atoms with van der Waals surface area (Å²) in [7, 11) is 0. The van der Waals surface area contributed by atoms with Crippen molar-refractivity contribution in [3.63, 3.8) is 0 Å². The average Bonchev–Trinajstić information content (AvgIpc) is 2.67. The normalized spacial score (nSPS) is 16.2. The van der Waals surface area contributed by atoms with Crippen molar-refractivity contribution in [1.29, 1.82) is 0 Å². The first kappa shape index (κ1) is 20.6. The Labute approximate surface area is 159 Å². The van der Waals surface area contributed by atoms with Gasteiger partial charge in [-0.3, -0.25) is 9.89 Å². The molecule has 0 spiro atoms. The molecule has 5 heteroatoms. The van der Waals surface area contributed by atoms with Crippen LogP contribution in [-0.2, 0) is 0 Å². The fraction of sp³-hybridized carbons (Fsp3) is 0.667. The summed E-state index contributed by atoms with van der Waals surface area (Å²) in [6, 6.07) is 10.8. The number of hydrogen-bond acceptors (Lipinski definition) is 3. The van der Waals surface area contributed by atoms with Gasteiger partial charge in [-0.05, 0) is 44.4 Å². The molecule has 146 valence electrons. The van der Waals surface area contributed by atoms with E-state index in [4.69, 9.17) is 0 Å². The number of hydrogen-bond donors (Lipinski definition) is 2. The first-order valence-electron chi connectivity index (χ1n) is 10.2. The van der Waals surface area contributed by atoms with Gasteiger partial charge in [0.15, 0.2) is 5.96 Å². The number of rotatable bonds is 9. The van der Waals surface area contributed by atoms with E-state index in [-0.39, 0.29) is 0 Å². The van der Waals surface area contributed by atoms with E-state index < -0.39 is 0 Å². The molecule has 1 aliphatic heterocycles. The van der Waals surface area contributed by atoms with Gasteiger partial charge in [-0.25, -0.2) is 0 Å². The van der Waals surface area contributed by atoms with Crippen molar-refractivity contribution >= 4 is 11.6 Å². The van der Waals surface area contributed by atoms with Gasteiger partial charge in [0.05, 0.1) is 0 Å². The first-order valence-corrected chi connectivity index (χ1v) is 10.2. The second-order valence-electron chi connectivity index (χ2n) is 7.41. The van der Waals surface area contributed by atoms with Crippen molar-refractivity contribution in [2.75, 3.05) is 57.3 Å². The molecule has 1 aromatic rings. The van der Waals surface area contributed by atoms with Gasteiger partial charge in [-0.1, -0.05) is 32.0 Å². The quantitative estimate of drug-likeness (QED) is 0.404. The molecule has 0 aromatic heterocycles. The van der Waals surface area contributed by atoms with Gasteiger partial charge in [-0.15, -0.1) is 0 Å². The molecule has 1 heterocycles. The fourth-order valence-corrected chi connectivity index (χ4v) is 3.15. The minimum absolute atomic E-state index is 0.597. The monoisotopic (exact) mass is 359 g/mol. The van der Waals surface area contributed by atoms with Crippen molar-refractivity contribution in [3.05, 3.63) is 30.3 Å². The number of nitrogens with one attached hydrogen (secondary N) is 2. The first-order chi connectivity index (χ1) is 12.7. The third kappa shape index (κ3) is 7.65. The maximum atomic E-state index is 4.62. The Balaban J connectivity index is 1.58. The molecule has 0 aliphatic carbocycles. The highest BCUT2D eigenvalue weighted by molar-refractivity contribution is 5.79. The van der Waals surface area contributed by atoms with E-state index in [1.54, 1.807) is 0 Å². The van der Waals surface area contributed by atoms with Gasteiger partial charge < -0.3 is 15.5 Å². The second kappa shape index (κ2) is 11.8. The van der Waals surface area contributed by atoms with Gasteiger partial charge in [0.1, 0.15) is 0 Å². The Bertz CT molecular complexity index is 506. The molecule has 0 atom stereocenters. The minimum Gasteiger partial charge on any atom is -0.369 e. The van der Waals surface area contributed by atoms with Crippen molar-refractivity contribution in [1.82, 2.24) is 15.5 Å². The number of unbranched alkanes of at least 4 members (excludes halogenated alkanes) is 1. The molecule has 2 N–H and O–H groups in total. The maximum Gasteiger partial charge on any atom is 0.191 e. The van der Waals surface area contributed by atoms with Gasteiger partial charge in [0.25, 0.3) is 0 Å². The molecule has 26 heavy (non-hydrogen) atoms. The Morgan fingerprint density at radius 2 is 1.77 bits per heavy atom. The molecule has 0 saturated carbocycles. The summed E-state index contributed by atoms with van der Waals surface area (Å²) in [5.74, 6) is 1.55. The number of anilines is 1. The highest BCUT2D eigenvalue weighted by atomic mass is 15.3. The van der Waals surface area contributed by atoms with Crippen LogP contribution in [0.4, 0.5) is 5.69 Å². The summed E-state index contributed by atoms with van der Waals surface area (Å²) in [5.41, 5.74) is 1.35. The van der Waals surface area contributed by atoms with Crippen molar-refractivity contribution in [3.8, 4) is 0 Å². The van der Waals surface area contributed by atoms with Crippen LogP contribution in [0.15, 0.2) is 35.3 Å². The summed E-state index contributed by atoms with van der Waals surface area (Å²) in [6.07, 6.45) is 2.42. The Morgan fingerprint density at radius 1 is 1.04 bits per heavy atom. The SMILES string of the molecule is CCNC(=NCC(C)C)NCCCCN1CCN(c2ccccc2)CC1. The highest BCUT2D eigenvalue weighted by Gasteiger charge is 2.16. The molecular weight excluding hydrogens is 322 g/mol. The standard InChI is InChI=1S/C21H37N5/c1-4-22-21(24-18-19(2)3)23-12-8-9-13-25-14-16-26(17-15-25)20-10-6-5-7-11-20/h5-7,10-11,19H,4,8-9,12-18H2,1-3H3,(H2,22,23,24). The Morgan fingerprint density at radius 3 is 2.42 bits per heavy atom. The predicted octanol–water partition coefficient (Wildman–Crippen LogP) is 2.80. The summed E-state index contributed by atoms with van der Waals surface area (Å²) < 4.78 is 0. The van der Waals surface area contributed by atoms with Crippen LogP contribution in [-0.4, -0.2) is 63.2 Å². The maximum absolute atomic E-state index is 4.62.